The molecule has 1 aliphatic heterocycles. The SMILES string of the molecule is CN1CC=C(c2c[nH]c3ccc(NS(=O)(=O)N(C)C)cc23)CC1. The summed E-state index contributed by atoms with van der Waals surface area (Å²) < 4.78 is 27.7. The molecule has 6 nitrogen and oxygen atoms in total. The molecule has 2 heterocycles. The Hall–Kier alpha value is -1.83. The molecule has 1 aromatic heterocycles. The van der Waals surface area contributed by atoms with E-state index in [4.69, 9.17) is 0 Å². The second kappa shape index (κ2) is 5.99. The van der Waals surface area contributed by atoms with Crippen LogP contribution >= 0.6 is 0 Å². The Morgan fingerprint density at radius 1 is 1.30 bits per heavy atom. The number of fused-ring (bicyclic) bond motifs is 1. The van der Waals surface area contributed by atoms with Crippen molar-refractivity contribution in [3.05, 3.63) is 36.0 Å². The number of nitrogens with one attached hydrogen (secondary N) is 2. The van der Waals surface area contributed by atoms with E-state index < -0.39 is 10.2 Å². The smallest absolute Gasteiger partial charge is 0.301 e. The van der Waals surface area contributed by atoms with Crippen LogP contribution in [0.25, 0.3) is 16.5 Å². The van der Waals surface area contributed by atoms with E-state index in [1.54, 1.807) is 6.07 Å². The third kappa shape index (κ3) is 3.26. The van der Waals surface area contributed by atoms with Gasteiger partial charge in [0, 0.05) is 49.8 Å². The molecule has 0 amide bonds. The van der Waals surface area contributed by atoms with Crippen molar-refractivity contribution in [1.82, 2.24) is 14.2 Å². The number of aromatic nitrogens is 1. The minimum atomic E-state index is -3.50. The van der Waals surface area contributed by atoms with Gasteiger partial charge in [0.05, 0.1) is 5.69 Å². The van der Waals surface area contributed by atoms with Gasteiger partial charge in [-0.15, -0.1) is 0 Å². The minimum absolute atomic E-state index is 0.570. The maximum atomic E-state index is 12.0. The number of benzene rings is 1. The van der Waals surface area contributed by atoms with Crippen LogP contribution in [0.3, 0.4) is 0 Å². The van der Waals surface area contributed by atoms with Crippen LogP contribution < -0.4 is 4.72 Å². The molecule has 0 aliphatic carbocycles. The molecule has 7 heteroatoms. The topological polar surface area (TPSA) is 68.4 Å². The summed E-state index contributed by atoms with van der Waals surface area (Å²) in [6, 6.07) is 5.57. The van der Waals surface area contributed by atoms with E-state index in [2.05, 4.69) is 27.7 Å². The van der Waals surface area contributed by atoms with E-state index >= 15 is 0 Å². The van der Waals surface area contributed by atoms with E-state index in [1.807, 2.05) is 18.3 Å². The van der Waals surface area contributed by atoms with Crippen LogP contribution in [0.2, 0.25) is 0 Å². The molecule has 0 saturated carbocycles. The fourth-order valence-electron chi connectivity index (χ4n) is 2.71. The number of H-pyrrole nitrogens is 1. The van der Waals surface area contributed by atoms with Crippen molar-refractivity contribution >= 4 is 32.4 Å². The van der Waals surface area contributed by atoms with Gasteiger partial charge in [0.2, 0.25) is 0 Å². The average Bonchev–Trinajstić information content (AvgIpc) is 2.90. The number of likely N-dealkylation sites (N-methyl/N-ethyl adjacent to an activating group) is 1. The summed E-state index contributed by atoms with van der Waals surface area (Å²) in [4.78, 5) is 5.54. The van der Waals surface area contributed by atoms with Crippen LogP contribution in [0.5, 0.6) is 0 Å². The third-order valence-electron chi connectivity index (χ3n) is 4.17. The molecule has 1 aromatic carbocycles. The van der Waals surface area contributed by atoms with Gasteiger partial charge in [-0.25, -0.2) is 0 Å². The molecular formula is C16H22N4O2S. The molecule has 0 atom stereocenters. The Kier molecular flexibility index (Phi) is 4.18. The monoisotopic (exact) mass is 334 g/mol. The van der Waals surface area contributed by atoms with Gasteiger partial charge < -0.3 is 9.88 Å². The first kappa shape index (κ1) is 16.0. The molecule has 23 heavy (non-hydrogen) atoms. The van der Waals surface area contributed by atoms with Crippen molar-refractivity contribution in [1.29, 1.82) is 0 Å². The summed E-state index contributed by atoms with van der Waals surface area (Å²) in [5.74, 6) is 0. The summed E-state index contributed by atoms with van der Waals surface area (Å²) in [7, 11) is 1.62. The molecule has 0 fully saturated rings. The lowest BCUT2D eigenvalue weighted by molar-refractivity contribution is 0.370. The summed E-state index contributed by atoms with van der Waals surface area (Å²) in [6.07, 6.45) is 5.24. The van der Waals surface area contributed by atoms with Gasteiger partial charge in [-0.2, -0.15) is 12.7 Å². The summed E-state index contributed by atoms with van der Waals surface area (Å²) in [5, 5.41) is 1.04. The van der Waals surface area contributed by atoms with Crippen molar-refractivity contribution in [2.75, 3.05) is 39.0 Å². The number of rotatable bonds is 4. The van der Waals surface area contributed by atoms with Crippen molar-refractivity contribution in [2.24, 2.45) is 0 Å². The zero-order chi connectivity index (χ0) is 16.6. The summed E-state index contributed by atoms with van der Waals surface area (Å²) in [6.45, 7) is 1.97. The van der Waals surface area contributed by atoms with Crippen LogP contribution in [0.4, 0.5) is 5.69 Å². The molecule has 0 bridgehead atoms. The van der Waals surface area contributed by atoms with Gasteiger partial charge in [0.25, 0.3) is 0 Å². The number of hydrogen-bond donors (Lipinski definition) is 2. The average molecular weight is 334 g/mol. The lowest BCUT2D eigenvalue weighted by Crippen LogP contribution is -2.28. The largest absolute Gasteiger partial charge is 0.361 e. The van der Waals surface area contributed by atoms with Gasteiger partial charge in [-0.3, -0.25) is 4.72 Å². The fraction of sp³-hybridized carbons (Fsp3) is 0.375. The lowest BCUT2D eigenvalue weighted by atomic mass is 9.99. The van der Waals surface area contributed by atoms with Crippen molar-refractivity contribution in [3.63, 3.8) is 0 Å². The number of hydrogen-bond acceptors (Lipinski definition) is 3. The lowest BCUT2D eigenvalue weighted by Gasteiger charge is -2.21. The standard InChI is InChI=1S/C16H22N4O2S/c1-19(2)23(21,22)18-13-4-5-16-14(10-13)15(11-17-16)12-6-8-20(3)9-7-12/h4-6,10-11,17-18H,7-9H2,1-3H3. The van der Waals surface area contributed by atoms with Crippen LogP contribution in [0, 0.1) is 0 Å². The highest BCUT2D eigenvalue weighted by atomic mass is 32.2. The van der Waals surface area contributed by atoms with Gasteiger partial charge in [0.15, 0.2) is 0 Å². The zero-order valence-electron chi connectivity index (χ0n) is 13.6. The van der Waals surface area contributed by atoms with Crippen molar-refractivity contribution in [3.8, 4) is 0 Å². The molecule has 3 rings (SSSR count). The Morgan fingerprint density at radius 2 is 2.09 bits per heavy atom. The minimum Gasteiger partial charge on any atom is -0.361 e. The van der Waals surface area contributed by atoms with E-state index in [1.165, 1.54) is 19.7 Å². The normalized spacial score (nSPS) is 16.8. The maximum Gasteiger partial charge on any atom is 0.301 e. The van der Waals surface area contributed by atoms with Crippen molar-refractivity contribution in [2.45, 2.75) is 6.42 Å². The van der Waals surface area contributed by atoms with E-state index in [0.29, 0.717) is 5.69 Å². The summed E-state index contributed by atoms with van der Waals surface area (Å²) >= 11 is 0. The number of aromatic amines is 1. The number of nitrogens with zero attached hydrogens (tertiary/aromatic N) is 2. The Balaban J connectivity index is 1.98. The van der Waals surface area contributed by atoms with Crippen LogP contribution in [0.15, 0.2) is 30.5 Å². The zero-order valence-corrected chi connectivity index (χ0v) is 14.4. The Bertz CT molecular complexity index is 852. The first-order valence-electron chi connectivity index (χ1n) is 7.56. The molecule has 0 radical (unpaired) electrons. The molecule has 0 spiro atoms. The van der Waals surface area contributed by atoms with E-state index in [0.717, 1.165) is 40.3 Å². The van der Waals surface area contributed by atoms with E-state index in [9.17, 15) is 8.42 Å². The van der Waals surface area contributed by atoms with Crippen LogP contribution in [-0.4, -0.2) is 56.8 Å². The number of anilines is 1. The molecule has 0 saturated heterocycles. The van der Waals surface area contributed by atoms with Crippen molar-refractivity contribution < 1.29 is 8.42 Å². The maximum absolute atomic E-state index is 12.0. The quantitative estimate of drug-likeness (QED) is 0.900. The highest BCUT2D eigenvalue weighted by molar-refractivity contribution is 7.90. The van der Waals surface area contributed by atoms with Gasteiger partial charge in [-0.05, 0) is 37.2 Å². The Morgan fingerprint density at radius 3 is 2.74 bits per heavy atom. The van der Waals surface area contributed by atoms with Crippen LogP contribution in [0.1, 0.15) is 12.0 Å². The Labute approximate surface area is 137 Å². The predicted molar refractivity (Wildman–Crippen MR) is 94.6 cm³/mol. The highest BCUT2D eigenvalue weighted by Crippen LogP contribution is 2.31. The molecular weight excluding hydrogens is 312 g/mol. The molecule has 2 N–H and O–H groups in total. The second-order valence-corrected chi connectivity index (χ2v) is 7.98. The first-order valence-corrected chi connectivity index (χ1v) is 9.00. The first-order chi connectivity index (χ1) is 10.9. The molecule has 2 aromatic rings. The van der Waals surface area contributed by atoms with Crippen LogP contribution in [-0.2, 0) is 10.2 Å². The molecule has 1 aliphatic rings. The highest BCUT2D eigenvalue weighted by Gasteiger charge is 2.16. The predicted octanol–water partition coefficient (Wildman–Crippen LogP) is 2.11. The summed E-state index contributed by atoms with van der Waals surface area (Å²) in [5.41, 5.74) is 4.04. The molecule has 124 valence electrons. The van der Waals surface area contributed by atoms with Gasteiger partial charge in [-0.1, -0.05) is 6.08 Å². The van der Waals surface area contributed by atoms with E-state index in [-0.39, 0.29) is 0 Å². The van der Waals surface area contributed by atoms with Gasteiger partial charge in [0.1, 0.15) is 0 Å². The third-order valence-corrected chi connectivity index (χ3v) is 5.62. The molecule has 0 unspecified atom stereocenters. The second-order valence-electron chi connectivity index (χ2n) is 6.09. The fourth-order valence-corrected chi connectivity index (χ4v) is 3.31. The van der Waals surface area contributed by atoms with Gasteiger partial charge >= 0.3 is 10.2 Å².